The Hall–Kier alpha value is -1.91. The summed E-state index contributed by atoms with van der Waals surface area (Å²) in [7, 11) is 0. The van der Waals surface area contributed by atoms with Gasteiger partial charge in [0.15, 0.2) is 0 Å². The van der Waals surface area contributed by atoms with Gasteiger partial charge in [-0.2, -0.15) is 0 Å². The minimum atomic E-state index is -0.592. The number of rotatable bonds is 8. The Labute approximate surface area is 124 Å². The zero-order valence-electron chi connectivity index (χ0n) is 11.8. The molecule has 2 aromatic carbocycles. The molecule has 0 fully saturated rings. The van der Waals surface area contributed by atoms with Crippen molar-refractivity contribution >= 4 is 0 Å². The third-order valence-electron chi connectivity index (χ3n) is 3.07. The van der Waals surface area contributed by atoms with Crippen LogP contribution in [0.1, 0.15) is 5.56 Å². The third-order valence-corrected chi connectivity index (χ3v) is 3.07. The standard InChI is InChI=1S/C17H20FNO2/c18-15-6-8-17(9-7-15)21-13-16(20)12-19-11-10-14-4-2-1-3-5-14/h1-9,16,19-20H,10-13H2. The Balaban J connectivity index is 1.59. The highest BCUT2D eigenvalue weighted by Crippen LogP contribution is 2.11. The minimum absolute atomic E-state index is 0.184. The Kier molecular flexibility index (Phi) is 6.19. The lowest BCUT2D eigenvalue weighted by Gasteiger charge is -2.13. The summed E-state index contributed by atoms with van der Waals surface area (Å²) < 4.78 is 18.1. The molecule has 0 aliphatic rings. The van der Waals surface area contributed by atoms with E-state index in [0.717, 1.165) is 13.0 Å². The first-order valence-electron chi connectivity index (χ1n) is 7.05. The fourth-order valence-electron chi connectivity index (χ4n) is 1.93. The predicted molar refractivity (Wildman–Crippen MR) is 80.9 cm³/mol. The van der Waals surface area contributed by atoms with Crippen molar-refractivity contribution in [2.45, 2.75) is 12.5 Å². The summed E-state index contributed by atoms with van der Waals surface area (Å²) >= 11 is 0. The monoisotopic (exact) mass is 289 g/mol. The number of aliphatic hydroxyl groups is 1. The van der Waals surface area contributed by atoms with Gasteiger partial charge >= 0.3 is 0 Å². The van der Waals surface area contributed by atoms with Crippen LogP contribution >= 0.6 is 0 Å². The number of hydrogen-bond acceptors (Lipinski definition) is 3. The van der Waals surface area contributed by atoms with E-state index < -0.39 is 6.10 Å². The first-order chi connectivity index (χ1) is 10.2. The molecule has 112 valence electrons. The Morgan fingerprint density at radius 3 is 2.48 bits per heavy atom. The van der Waals surface area contributed by atoms with E-state index in [1.54, 1.807) is 12.1 Å². The van der Waals surface area contributed by atoms with E-state index in [9.17, 15) is 9.50 Å². The van der Waals surface area contributed by atoms with Crippen LogP contribution in [0, 0.1) is 5.82 Å². The summed E-state index contributed by atoms with van der Waals surface area (Å²) in [6.45, 7) is 1.45. The quantitative estimate of drug-likeness (QED) is 0.733. The SMILES string of the molecule is OC(CNCCc1ccccc1)COc1ccc(F)cc1. The van der Waals surface area contributed by atoms with Crippen molar-refractivity contribution in [3.63, 3.8) is 0 Å². The number of halogens is 1. The lowest BCUT2D eigenvalue weighted by atomic mass is 10.1. The van der Waals surface area contributed by atoms with Gasteiger partial charge in [0.05, 0.1) is 0 Å². The maximum Gasteiger partial charge on any atom is 0.123 e. The Morgan fingerprint density at radius 2 is 1.76 bits per heavy atom. The minimum Gasteiger partial charge on any atom is -0.491 e. The van der Waals surface area contributed by atoms with Crippen LogP contribution in [0.2, 0.25) is 0 Å². The highest BCUT2D eigenvalue weighted by atomic mass is 19.1. The van der Waals surface area contributed by atoms with Crippen LogP contribution in [0.25, 0.3) is 0 Å². The van der Waals surface area contributed by atoms with Crippen LogP contribution in [0.15, 0.2) is 54.6 Å². The fourth-order valence-corrected chi connectivity index (χ4v) is 1.93. The molecule has 2 aromatic rings. The molecule has 0 aliphatic carbocycles. The summed E-state index contributed by atoms with van der Waals surface area (Å²) in [4.78, 5) is 0. The molecule has 4 heteroatoms. The highest BCUT2D eigenvalue weighted by molar-refractivity contribution is 5.22. The van der Waals surface area contributed by atoms with Crippen LogP contribution in [-0.2, 0) is 6.42 Å². The van der Waals surface area contributed by atoms with Gasteiger partial charge in [-0.3, -0.25) is 0 Å². The van der Waals surface area contributed by atoms with Crippen molar-refractivity contribution in [3.05, 3.63) is 66.0 Å². The van der Waals surface area contributed by atoms with Gasteiger partial charge in [0.1, 0.15) is 24.3 Å². The molecule has 3 nitrogen and oxygen atoms in total. The second kappa shape index (κ2) is 8.39. The second-order valence-corrected chi connectivity index (χ2v) is 4.86. The van der Waals surface area contributed by atoms with E-state index in [1.165, 1.54) is 17.7 Å². The molecule has 0 heterocycles. The molecule has 1 unspecified atom stereocenters. The van der Waals surface area contributed by atoms with Gasteiger partial charge in [-0.05, 0) is 42.8 Å². The summed E-state index contributed by atoms with van der Waals surface area (Å²) in [5.74, 6) is 0.255. The molecule has 1 atom stereocenters. The van der Waals surface area contributed by atoms with Crippen molar-refractivity contribution in [2.75, 3.05) is 19.7 Å². The molecule has 0 saturated heterocycles. The molecule has 0 saturated carbocycles. The van der Waals surface area contributed by atoms with Gasteiger partial charge in [-0.25, -0.2) is 4.39 Å². The first-order valence-corrected chi connectivity index (χ1v) is 7.05. The second-order valence-electron chi connectivity index (χ2n) is 4.86. The molecule has 0 amide bonds. The average Bonchev–Trinajstić information content (AvgIpc) is 2.52. The molecule has 0 bridgehead atoms. The summed E-state index contributed by atoms with van der Waals surface area (Å²) in [6.07, 6.45) is 0.331. The van der Waals surface area contributed by atoms with Gasteiger partial charge in [-0.1, -0.05) is 30.3 Å². The predicted octanol–water partition coefficient (Wildman–Crippen LogP) is 2.40. The van der Waals surface area contributed by atoms with E-state index in [1.807, 2.05) is 18.2 Å². The maximum atomic E-state index is 12.7. The number of aliphatic hydroxyl groups excluding tert-OH is 1. The van der Waals surface area contributed by atoms with Crippen LogP contribution in [0.4, 0.5) is 4.39 Å². The largest absolute Gasteiger partial charge is 0.491 e. The van der Waals surface area contributed by atoms with E-state index in [0.29, 0.717) is 12.3 Å². The Bertz CT molecular complexity index is 516. The Morgan fingerprint density at radius 1 is 1.05 bits per heavy atom. The van der Waals surface area contributed by atoms with Gasteiger partial charge in [0.25, 0.3) is 0 Å². The fraction of sp³-hybridized carbons (Fsp3) is 0.294. The molecular weight excluding hydrogens is 269 g/mol. The maximum absolute atomic E-state index is 12.7. The van der Waals surface area contributed by atoms with Gasteiger partial charge in [0, 0.05) is 6.54 Å². The van der Waals surface area contributed by atoms with Crippen molar-refractivity contribution in [1.29, 1.82) is 0 Å². The van der Waals surface area contributed by atoms with Gasteiger partial charge in [-0.15, -0.1) is 0 Å². The molecular formula is C17H20FNO2. The third kappa shape index (κ3) is 5.94. The summed E-state index contributed by atoms with van der Waals surface area (Å²) in [5.41, 5.74) is 1.27. The van der Waals surface area contributed by atoms with Gasteiger partial charge in [0.2, 0.25) is 0 Å². The number of nitrogens with one attached hydrogen (secondary N) is 1. The van der Waals surface area contributed by atoms with Crippen LogP contribution in [0.5, 0.6) is 5.75 Å². The molecule has 0 spiro atoms. The lowest BCUT2D eigenvalue weighted by molar-refractivity contribution is 0.106. The van der Waals surface area contributed by atoms with Gasteiger partial charge < -0.3 is 15.2 Å². The van der Waals surface area contributed by atoms with E-state index >= 15 is 0 Å². The number of hydrogen-bond donors (Lipinski definition) is 2. The summed E-state index contributed by atoms with van der Waals surface area (Å²) in [5, 5.41) is 13.0. The zero-order valence-corrected chi connectivity index (χ0v) is 11.8. The van der Waals surface area contributed by atoms with Crippen molar-refractivity contribution < 1.29 is 14.2 Å². The van der Waals surface area contributed by atoms with Crippen molar-refractivity contribution in [3.8, 4) is 5.75 Å². The number of ether oxygens (including phenoxy) is 1. The molecule has 21 heavy (non-hydrogen) atoms. The summed E-state index contributed by atoms with van der Waals surface area (Å²) in [6, 6.07) is 15.9. The highest BCUT2D eigenvalue weighted by Gasteiger charge is 2.05. The van der Waals surface area contributed by atoms with E-state index in [4.69, 9.17) is 4.74 Å². The molecule has 2 rings (SSSR count). The van der Waals surface area contributed by atoms with Crippen molar-refractivity contribution in [2.24, 2.45) is 0 Å². The zero-order chi connectivity index (χ0) is 14.9. The van der Waals surface area contributed by atoms with E-state index in [2.05, 4.69) is 17.4 Å². The first kappa shape index (κ1) is 15.5. The smallest absolute Gasteiger partial charge is 0.123 e. The molecule has 0 radical (unpaired) electrons. The lowest BCUT2D eigenvalue weighted by Crippen LogP contribution is -2.32. The van der Waals surface area contributed by atoms with Crippen LogP contribution < -0.4 is 10.1 Å². The molecule has 0 aliphatic heterocycles. The normalized spacial score (nSPS) is 12.1. The van der Waals surface area contributed by atoms with Crippen LogP contribution in [0.3, 0.4) is 0 Å². The van der Waals surface area contributed by atoms with E-state index in [-0.39, 0.29) is 12.4 Å². The van der Waals surface area contributed by atoms with Crippen LogP contribution in [-0.4, -0.2) is 30.9 Å². The molecule has 0 aromatic heterocycles. The van der Waals surface area contributed by atoms with Crippen molar-refractivity contribution in [1.82, 2.24) is 5.32 Å². The topological polar surface area (TPSA) is 41.5 Å². The average molecular weight is 289 g/mol. The molecule has 2 N–H and O–H groups in total. The number of benzene rings is 2.